The van der Waals surface area contributed by atoms with E-state index in [0.29, 0.717) is 0 Å². The molecule has 0 radical (unpaired) electrons. The van der Waals surface area contributed by atoms with Gasteiger partial charge in [-0.15, -0.1) is 0 Å². The van der Waals surface area contributed by atoms with E-state index >= 15 is 0 Å². The van der Waals surface area contributed by atoms with Crippen LogP contribution in [0.1, 0.15) is 46.1 Å². The van der Waals surface area contributed by atoms with E-state index in [4.69, 9.17) is 26.2 Å². The molecule has 2 unspecified atom stereocenters. The number of benzene rings is 1. The molecule has 1 aliphatic heterocycles. The summed E-state index contributed by atoms with van der Waals surface area (Å²) in [5.41, 5.74) is 2.39. The van der Waals surface area contributed by atoms with Crippen molar-refractivity contribution in [1.82, 2.24) is 5.32 Å². The molecule has 162 valence electrons. The number of nitrogens with one attached hydrogen (secondary N) is 1. The molecule has 0 fully saturated rings. The lowest BCUT2D eigenvalue weighted by Crippen LogP contribution is -2.32. The van der Waals surface area contributed by atoms with E-state index < -0.39 is 0 Å². The average molecular weight is 422 g/mol. The van der Waals surface area contributed by atoms with Crippen LogP contribution in [0.4, 0.5) is 0 Å². The molecule has 0 aromatic heterocycles. The van der Waals surface area contributed by atoms with Gasteiger partial charge in [-0.2, -0.15) is 0 Å². The minimum Gasteiger partial charge on any atom is -0.495 e. The van der Waals surface area contributed by atoms with Gasteiger partial charge in [0.1, 0.15) is 11.9 Å². The van der Waals surface area contributed by atoms with Crippen LogP contribution in [0.15, 0.2) is 53.8 Å². The molecule has 0 amide bonds. The number of rotatable bonds is 8. The molecule has 1 aliphatic rings. The summed E-state index contributed by atoms with van der Waals surface area (Å²) in [5, 5.41) is 11.3. The van der Waals surface area contributed by atoms with E-state index in [0.717, 1.165) is 61.6 Å². The molecule has 0 spiro atoms. The lowest BCUT2D eigenvalue weighted by Gasteiger charge is -2.20. The SMILES string of the molecule is CCc1cc(Cl)ccc1OC(CC)CNCC1=C/C=C(\C)OC(C)C\C=C\1.CO. The van der Waals surface area contributed by atoms with E-state index in [1.807, 2.05) is 31.2 Å². The molecule has 1 aromatic rings. The molecular weight excluding hydrogens is 386 g/mol. The number of aryl methyl sites for hydroxylation is 1. The van der Waals surface area contributed by atoms with Gasteiger partial charge in [0.15, 0.2) is 0 Å². The Morgan fingerprint density at radius 1 is 1.28 bits per heavy atom. The number of allylic oxidation sites excluding steroid dienone is 3. The highest BCUT2D eigenvalue weighted by Gasteiger charge is 2.11. The highest BCUT2D eigenvalue weighted by molar-refractivity contribution is 6.30. The number of hydrogen-bond acceptors (Lipinski definition) is 4. The van der Waals surface area contributed by atoms with Crippen LogP contribution in [0.2, 0.25) is 5.02 Å². The Morgan fingerprint density at radius 3 is 2.72 bits per heavy atom. The molecule has 0 bridgehead atoms. The van der Waals surface area contributed by atoms with Crippen LogP contribution < -0.4 is 10.1 Å². The summed E-state index contributed by atoms with van der Waals surface area (Å²) in [6.45, 7) is 9.96. The number of halogens is 1. The number of hydrogen-bond donors (Lipinski definition) is 2. The highest BCUT2D eigenvalue weighted by Crippen LogP contribution is 2.24. The van der Waals surface area contributed by atoms with Crippen LogP contribution in [0, 0.1) is 0 Å². The first-order valence-electron chi connectivity index (χ1n) is 10.3. The van der Waals surface area contributed by atoms with Crippen molar-refractivity contribution >= 4 is 11.6 Å². The quantitative estimate of drug-likeness (QED) is 0.585. The topological polar surface area (TPSA) is 50.7 Å². The molecule has 0 saturated heterocycles. The number of aliphatic hydroxyl groups excluding tert-OH is 1. The lowest BCUT2D eigenvalue weighted by atomic mass is 10.1. The lowest BCUT2D eigenvalue weighted by molar-refractivity contribution is 0.136. The minimum absolute atomic E-state index is 0.123. The van der Waals surface area contributed by atoms with Crippen molar-refractivity contribution in [3.05, 3.63) is 64.4 Å². The van der Waals surface area contributed by atoms with Crippen LogP contribution in [0.25, 0.3) is 0 Å². The molecule has 2 atom stereocenters. The summed E-state index contributed by atoms with van der Waals surface area (Å²) >= 11 is 6.10. The van der Waals surface area contributed by atoms with E-state index in [9.17, 15) is 0 Å². The second kappa shape index (κ2) is 14.3. The average Bonchev–Trinajstić information content (AvgIpc) is 2.80. The van der Waals surface area contributed by atoms with Gasteiger partial charge in [-0.05, 0) is 62.1 Å². The third kappa shape index (κ3) is 9.53. The van der Waals surface area contributed by atoms with Crippen molar-refractivity contribution < 1.29 is 14.6 Å². The molecule has 1 heterocycles. The Bertz CT molecular complexity index is 697. The van der Waals surface area contributed by atoms with Crippen molar-refractivity contribution in [2.24, 2.45) is 0 Å². The predicted molar refractivity (Wildman–Crippen MR) is 123 cm³/mol. The molecule has 0 saturated carbocycles. The number of ether oxygens (including phenoxy) is 2. The zero-order valence-corrected chi connectivity index (χ0v) is 19.1. The second-order valence-corrected chi connectivity index (χ2v) is 7.41. The Hall–Kier alpha value is -1.75. The maximum atomic E-state index is 7.00. The fourth-order valence-electron chi connectivity index (χ4n) is 2.98. The first-order valence-corrected chi connectivity index (χ1v) is 10.7. The van der Waals surface area contributed by atoms with Gasteiger partial charge in [-0.3, -0.25) is 0 Å². The van der Waals surface area contributed by atoms with Crippen molar-refractivity contribution in [3.63, 3.8) is 0 Å². The van der Waals surface area contributed by atoms with Crippen LogP contribution in [-0.2, 0) is 11.2 Å². The molecule has 5 heteroatoms. The maximum absolute atomic E-state index is 7.00. The van der Waals surface area contributed by atoms with Gasteiger partial charge >= 0.3 is 0 Å². The monoisotopic (exact) mass is 421 g/mol. The zero-order valence-electron chi connectivity index (χ0n) is 18.4. The highest BCUT2D eigenvalue weighted by atomic mass is 35.5. The summed E-state index contributed by atoms with van der Waals surface area (Å²) in [6, 6.07) is 5.85. The van der Waals surface area contributed by atoms with Crippen molar-refractivity contribution in [3.8, 4) is 5.75 Å². The standard InChI is InChI=1S/C23H32ClNO2.CH4O/c1-5-20-14-21(24)12-13-23(20)27-22(6-2)16-25-15-19-9-7-8-17(3)26-18(4)10-11-19;1-2/h7,9-14,17,22,25H,5-6,8,15-16H2,1-4H3;2H,1H3/b9-7+,18-10+,19-11+;. The fraction of sp³-hybridized carbons (Fsp3) is 0.500. The summed E-state index contributed by atoms with van der Waals surface area (Å²) in [5.74, 6) is 1.88. The van der Waals surface area contributed by atoms with Gasteiger partial charge in [-0.25, -0.2) is 0 Å². The molecule has 29 heavy (non-hydrogen) atoms. The molecule has 4 nitrogen and oxygen atoms in total. The molecular formula is C24H36ClNO3. The van der Waals surface area contributed by atoms with Crippen molar-refractivity contribution in [1.29, 1.82) is 0 Å². The van der Waals surface area contributed by atoms with E-state index in [1.165, 1.54) is 5.57 Å². The Morgan fingerprint density at radius 2 is 2.03 bits per heavy atom. The predicted octanol–water partition coefficient (Wildman–Crippen LogP) is 5.45. The summed E-state index contributed by atoms with van der Waals surface area (Å²) in [7, 11) is 1.00. The van der Waals surface area contributed by atoms with Crippen LogP contribution in [-0.4, -0.2) is 37.5 Å². The van der Waals surface area contributed by atoms with E-state index in [2.05, 4.69) is 44.3 Å². The Kier molecular flexibility index (Phi) is 12.4. The van der Waals surface area contributed by atoms with Gasteiger partial charge in [0.25, 0.3) is 0 Å². The van der Waals surface area contributed by atoms with Gasteiger partial charge in [0, 0.05) is 31.6 Å². The Labute approximate surface area is 181 Å². The van der Waals surface area contributed by atoms with E-state index in [-0.39, 0.29) is 12.2 Å². The summed E-state index contributed by atoms with van der Waals surface area (Å²) in [6.07, 6.45) is 11.6. The molecule has 1 aromatic carbocycles. The Balaban J connectivity index is 0.00000204. The second-order valence-electron chi connectivity index (χ2n) is 6.97. The van der Waals surface area contributed by atoms with Crippen molar-refractivity contribution in [2.45, 2.75) is 59.2 Å². The third-order valence-electron chi connectivity index (χ3n) is 4.57. The molecule has 2 rings (SSSR count). The van der Waals surface area contributed by atoms with Crippen molar-refractivity contribution in [2.75, 3.05) is 20.2 Å². The summed E-state index contributed by atoms with van der Waals surface area (Å²) < 4.78 is 12.0. The van der Waals surface area contributed by atoms with Crippen LogP contribution >= 0.6 is 11.6 Å². The number of aliphatic hydroxyl groups is 1. The van der Waals surface area contributed by atoms with Crippen LogP contribution in [0.5, 0.6) is 5.75 Å². The smallest absolute Gasteiger partial charge is 0.123 e. The summed E-state index contributed by atoms with van der Waals surface area (Å²) in [4.78, 5) is 0. The van der Waals surface area contributed by atoms with Gasteiger partial charge < -0.3 is 19.9 Å². The molecule has 2 N–H and O–H groups in total. The van der Waals surface area contributed by atoms with Crippen LogP contribution in [0.3, 0.4) is 0 Å². The molecule has 0 aliphatic carbocycles. The first-order chi connectivity index (χ1) is 14.0. The maximum Gasteiger partial charge on any atom is 0.123 e. The van der Waals surface area contributed by atoms with Gasteiger partial charge in [0.05, 0.1) is 11.9 Å². The zero-order chi connectivity index (χ0) is 21.6. The minimum atomic E-state index is 0.123. The van der Waals surface area contributed by atoms with E-state index in [1.54, 1.807) is 0 Å². The van der Waals surface area contributed by atoms with Gasteiger partial charge in [-0.1, -0.05) is 43.7 Å². The largest absolute Gasteiger partial charge is 0.495 e. The normalized spacial score (nSPS) is 22.1. The van der Waals surface area contributed by atoms with Gasteiger partial charge in [0.2, 0.25) is 0 Å². The first kappa shape index (κ1) is 25.3. The fourth-order valence-corrected chi connectivity index (χ4v) is 3.17. The third-order valence-corrected chi connectivity index (χ3v) is 4.81.